The molecule has 0 aliphatic heterocycles. The standard InChI is InChI=1S/C10H20O4/c1-9(8-13-2)14-10(12)6-4-3-5-7-11/h9,11H,3-8H2,1-2H3. The van der Waals surface area contributed by atoms with Gasteiger partial charge in [0.15, 0.2) is 0 Å². The predicted octanol–water partition coefficient (Wildman–Crippen LogP) is 1.12. The van der Waals surface area contributed by atoms with E-state index in [1.165, 1.54) is 0 Å². The Morgan fingerprint density at radius 1 is 1.36 bits per heavy atom. The first-order chi connectivity index (χ1) is 6.70. The fourth-order valence-electron chi connectivity index (χ4n) is 1.11. The Bertz CT molecular complexity index is 147. The van der Waals surface area contributed by atoms with Crippen molar-refractivity contribution in [2.75, 3.05) is 20.3 Å². The average molecular weight is 204 g/mol. The normalized spacial score (nSPS) is 12.5. The van der Waals surface area contributed by atoms with E-state index in [1.807, 2.05) is 0 Å². The van der Waals surface area contributed by atoms with E-state index in [-0.39, 0.29) is 18.7 Å². The summed E-state index contributed by atoms with van der Waals surface area (Å²) in [4.78, 5) is 11.2. The molecule has 0 aliphatic carbocycles. The molecule has 0 rings (SSSR count). The third kappa shape index (κ3) is 8.01. The van der Waals surface area contributed by atoms with Gasteiger partial charge in [0.1, 0.15) is 6.10 Å². The van der Waals surface area contributed by atoms with Crippen LogP contribution in [0.4, 0.5) is 0 Å². The number of aliphatic hydroxyl groups excluding tert-OH is 1. The maximum absolute atomic E-state index is 11.2. The highest BCUT2D eigenvalue weighted by Crippen LogP contribution is 2.02. The molecule has 0 spiro atoms. The Morgan fingerprint density at radius 2 is 2.07 bits per heavy atom. The largest absolute Gasteiger partial charge is 0.460 e. The summed E-state index contributed by atoms with van der Waals surface area (Å²) in [5, 5.41) is 8.51. The molecular formula is C10H20O4. The number of hydrogen-bond donors (Lipinski definition) is 1. The van der Waals surface area contributed by atoms with Crippen LogP contribution in [0, 0.1) is 0 Å². The minimum atomic E-state index is -0.188. The topological polar surface area (TPSA) is 55.8 Å². The van der Waals surface area contributed by atoms with Gasteiger partial charge < -0.3 is 14.6 Å². The van der Waals surface area contributed by atoms with Crippen molar-refractivity contribution in [2.24, 2.45) is 0 Å². The molecule has 0 aromatic rings. The molecule has 0 bridgehead atoms. The average Bonchev–Trinajstić information content (AvgIpc) is 2.13. The summed E-state index contributed by atoms with van der Waals surface area (Å²) in [6.45, 7) is 2.42. The predicted molar refractivity (Wildman–Crippen MR) is 53.0 cm³/mol. The molecule has 84 valence electrons. The van der Waals surface area contributed by atoms with Crippen molar-refractivity contribution < 1.29 is 19.4 Å². The van der Waals surface area contributed by atoms with Gasteiger partial charge >= 0.3 is 5.97 Å². The quantitative estimate of drug-likeness (QED) is 0.475. The van der Waals surface area contributed by atoms with Crippen molar-refractivity contribution in [1.82, 2.24) is 0 Å². The fourth-order valence-corrected chi connectivity index (χ4v) is 1.11. The monoisotopic (exact) mass is 204 g/mol. The van der Waals surface area contributed by atoms with Crippen LogP contribution >= 0.6 is 0 Å². The van der Waals surface area contributed by atoms with Crippen LogP contribution in [-0.2, 0) is 14.3 Å². The van der Waals surface area contributed by atoms with Crippen molar-refractivity contribution >= 4 is 5.97 Å². The summed E-state index contributed by atoms with van der Waals surface area (Å²) in [7, 11) is 1.57. The smallest absolute Gasteiger partial charge is 0.306 e. The van der Waals surface area contributed by atoms with Crippen LogP contribution < -0.4 is 0 Å². The molecule has 1 N–H and O–H groups in total. The van der Waals surface area contributed by atoms with Gasteiger partial charge in [0.05, 0.1) is 6.61 Å². The van der Waals surface area contributed by atoms with Crippen molar-refractivity contribution in [3.63, 3.8) is 0 Å². The van der Waals surface area contributed by atoms with Crippen LogP contribution in [0.5, 0.6) is 0 Å². The second-order valence-electron chi connectivity index (χ2n) is 3.29. The molecule has 1 atom stereocenters. The van der Waals surface area contributed by atoms with Crippen LogP contribution in [0.2, 0.25) is 0 Å². The molecule has 0 fully saturated rings. The number of carbonyl (C=O) groups excluding carboxylic acids is 1. The Balaban J connectivity index is 3.35. The second-order valence-corrected chi connectivity index (χ2v) is 3.29. The first-order valence-corrected chi connectivity index (χ1v) is 5.00. The zero-order chi connectivity index (χ0) is 10.8. The minimum absolute atomic E-state index is 0.176. The molecule has 4 heteroatoms. The van der Waals surface area contributed by atoms with E-state index in [4.69, 9.17) is 14.6 Å². The number of hydrogen-bond acceptors (Lipinski definition) is 4. The molecule has 0 radical (unpaired) electrons. The first kappa shape index (κ1) is 13.4. The molecule has 0 saturated carbocycles. The first-order valence-electron chi connectivity index (χ1n) is 5.00. The number of rotatable bonds is 8. The maximum atomic E-state index is 11.2. The Labute approximate surface area is 85.2 Å². The van der Waals surface area contributed by atoms with Crippen LogP contribution in [0.25, 0.3) is 0 Å². The van der Waals surface area contributed by atoms with E-state index >= 15 is 0 Å². The SMILES string of the molecule is COCC(C)OC(=O)CCCCCO. The van der Waals surface area contributed by atoms with Gasteiger partial charge in [-0.05, 0) is 19.8 Å². The number of carbonyl (C=O) groups is 1. The molecule has 1 unspecified atom stereocenters. The van der Waals surface area contributed by atoms with E-state index in [0.717, 1.165) is 19.3 Å². The molecule has 0 amide bonds. The molecular weight excluding hydrogens is 184 g/mol. The van der Waals surface area contributed by atoms with Crippen molar-refractivity contribution in [3.8, 4) is 0 Å². The second kappa shape index (κ2) is 8.97. The zero-order valence-corrected chi connectivity index (χ0v) is 8.99. The molecule has 0 saturated heterocycles. The van der Waals surface area contributed by atoms with Crippen molar-refractivity contribution in [3.05, 3.63) is 0 Å². The summed E-state index contributed by atoms with van der Waals surface area (Å²) < 4.78 is 9.88. The number of esters is 1. The number of unbranched alkanes of at least 4 members (excludes halogenated alkanes) is 2. The van der Waals surface area contributed by atoms with Gasteiger partial charge in [-0.2, -0.15) is 0 Å². The molecule has 14 heavy (non-hydrogen) atoms. The van der Waals surface area contributed by atoms with Gasteiger partial charge in [-0.25, -0.2) is 0 Å². The highest BCUT2D eigenvalue weighted by atomic mass is 16.6. The van der Waals surface area contributed by atoms with E-state index in [0.29, 0.717) is 13.0 Å². The number of methoxy groups -OCH3 is 1. The van der Waals surface area contributed by atoms with Gasteiger partial charge in [0.2, 0.25) is 0 Å². The summed E-state index contributed by atoms with van der Waals surface area (Å²) in [5.74, 6) is -0.188. The minimum Gasteiger partial charge on any atom is -0.460 e. The van der Waals surface area contributed by atoms with Gasteiger partial charge in [-0.3, -0.25) is 4.79 Å². The lowest BCUT2D eigenvalue weighted by molar-refractivity contribution is -0.150. The summed E-state index contributed by atoms with van der Waals surface area (Å²) in [5.41, 5.74) is 0. The summed E-state index contributed by atoms with van der Waals surface area (Å²) in [6.07, 6.45) is 2.64. The lowest BCUT2D eigenvalue weighted by atomic mass is 10.2. The lowest BCUT2D eigenvalue weighted by Crippen LogP contribution is -2.19. The summed E-state index contributed by atoms with van der Waals surface area (Å²) >= 11 is 0. The van der Waals surface area contributed by atoms with E-state index < -0.39 is 0 Å². The van der Waals surface area contributed by atoms with Gasteiger partial charge in [0.25, 0.3) is 0 Å². The van der Waals surface area contributed by atoms with Crippen molar-refractivity contribution in [2.45, 2.75) is 38.7 Å². The third-order valence-corrected chi connectivity index (χ3v) is 1.77. The fraction of sp³-hybridized carbons (Fsp3) is 0.900. The van der Waals surface area contributed by atoms with Gasteiger partial charge in [0, 0.05) is 20.1 Å². The van der Waals surface area contributed by atoms with E-state index in [9.17, 15) is 4.79 Å². The Hall–Kier alpha value is -0.610. The van der Waals surface area contributed by atoms with E-state index in [1.54, 1.807) is 14.0 Å². The van der Waals surface area contributed by atoms with Crippen LogP contribution in [0.3, 0.4) is 0 Å². The molecule has 0 aliphatic rings. The van der Waals surface area contributed by atoms with Crippen molar-refractivity contribution in [1.29, 1.82) is 0 Å². The highest BCUT2D eigenvalue weighted by Gasteiger charge is 2.08. The maximum Gasteiger partial charge on any atom is 0.306 e. The third-order valence-electron chi connectivity index (χ3n) is 1.77. The number of ether oxygens (including phenoxy) is 2. The molecule has 0 heterocycles. The van der Waals surface area contributed by atoms with Crippen LogP contribution in [0.15, 0.2) is 0 Å². The highest BCUT2D eigenvalue weighted by molar-refractivity contribution is 5.69. The Morgan fingerprint density at radius 3 is 2.64 bits per heavy atom. The van der Waals surface area contributed by atoms with Crippen LogP contribution in [0.1, 0.15) is 32.6 Å². The van der Waals surface area contributed by atoms with Crippen LogP contribution in [-0.4, -0.2) is 37.5 Å². The van der Waals surface area contributed by atoms with Gasteiger partial charge in [-0.1, -0.05) is 6.42 Å². The van der Waals surface area contributed by atoms with E-state index in [2.05, 4.69) is 0 Å². The summed E-state index contributed by atoms with van der Waals surface area (Å²) in [6, 6.07) is 0. The molecule has 4 nitrogen and oxygen atoms in total. The number of aliphatic hydroxyl groups is 1. The Kier molecular flexibility index (Phi) is 8.57. The van der Waals surface area contributed by atoms with Gasteiger partial charge in [-0.15, -0.1) is 0 Å². The lowest BCUT2D eigenvalue weighted by Gasteiger charge is -2.11. The zero-order valence-electron chi connectivity index (χ0n) is 8.99. The molecule has 0 aromatic heterocycles. The molecule has 0 aromatic carbocycles.